The summed E-state index contributed by atoms with van der Waals surface area (Å²) in [6.45, 7) is 4.11. The lowest BCUT2D eigenvalue weighted by Crippen LogP contribution is -2.00. The predicted molar refractivity (Wildman–Crippen MR) is 42.7 cm³/mol. The minimum atomic E-state index is 0.329. The first-order valence-corrected chi connectivity index (χ1v) is 3.80. The van der Waals surface area contributed by atoms with Gasteiger partial charge in [0.15, 0.2) is 11.5 Å². The van der Waals surface area contributed by atoms with E-state index >= 15 is 0 Å². The Morgan fingerprint density at radius 3 is 2.92 bits per heavy atom. The molecule has 0 aliphatic carbocycles. The summed E-state index contributed by atoms with van der Waals surface area (Å²) >= 11 is 0. The molecule has 0 unspecified atom stereocenters. The van der Waals surface area contributed by atoms with E-state index < -0.39 is 0 Å². The van der Waals surface area contributed by atoms with E-state index in [-0.39, 0.29) is 0 Å². The van der Waals surface area contributed by atoms with Crippen molar-refractivity contribution in [3.63, 3.8) is 0 Å². The first-order chi connectivity index (χ1) is 5.79. The normalized spacial score (nSPS) is 11.2. The molecule has 5 nitrogen and oxygen atoms in total. The van der Waals surface area contributed by atoms with Crippen LogP contribution in [0, 0.1) is 0 Å². The van der Waals surface area contributed by atoms with Gasteiger partial charge in [-0.05, 0) is 0 Å². The van der Waals surface area contributed by atoms with Gasteiger partial charge in [-0.3, -0.25) is 0 Å². The van der Waals surface area contributed by atoms with E-state index in [1.165, 1.54) is 6.33 Å². The zero-order valence-corrected chi connectivity index (χ0v) is 6.97. The Kier molecular flexibility index (Phi) is 1.49. The molecule has 2 heterocycles. The number of aromatic nitrogens is 5. The minimum absolute atomic E-state index is 0.329. The largest absolute Gasteiger partial charge is 0.239 e. The van der Waals surface area contributed by atoms with Gasteiger partial charge in [0.2, 0.25) is 0 Å². The zero-order chi connectivity index (χ0) is 8.55. The van der Waals surface area contributed by atoms with Gasteiger partial charge >= 0.3 is 0 Å². The molecular weight excluding hydrogens is 154 g/mol. The molecule has 62 valence electrons. The van der Waals surface area contributed by atoms with Crippen LogP contribution >= 0.6 is 0 Å². The van der Waals surface area contributed by atoms with Crippen molar-refractivity contribution in [2.45, 2.75) is 19.8 Å². The van der Waals surface area contributed by atoms with Crippen molar-refractivity contribution in [3.8, 4) is 0 Å². The van der Waals surface area contributed by atoms with E-state index in [4.69, 9.17) is 0 Å². The lowest BCUT2D eigenvalue weighted by molar-refractivity contribution is 0.715. The van der Waals surface area contributed by atoms with Crippen molar-refractivity contribution >= 4 is 5.65 Å². The molecule has 0 saturated heterocycles. The molecule has 12 heavy (non-hydrogen) atoms. The van der Waals surface area contributed by atoms with Crippen LogP contribution in [0.2, 0.25) is 0 Å². The Morgan fingerprint density at radius 1 is 1.33 bits per heavy atom. The Morgan fingerprint density at radius 2 is 2.17 bits per heavy atom. The molecule has 0 aliphatic heterocycles. The van der Waals surface area contributed by atoms with E-state index in [1.54, 1.807) is 10.7 Å². The second kappa shape index (κ2) is 2.51. The number of hydrogen-bond acceptors (Lipinski definition) is 4. The second-order valence-corrected chi connectivity index (χ2v) is 2.89. The molecule has 0 atom stereocenters. The van der Waals surface area contributed by atoms with Crippen LogP contribution in [0.15, 0.2) is 12.5 Å². The fourth-order valence-electron chi connectivity index (χ4n) is 1.04. The fraction of sp³-hybridized carbons (Fsp3) is 0.429. The lowest BCUT2D eigenvalue weighted by atomic mass is 10.2. The third-order valence-electron chi connectivity index (χ3n) is 1.63. The molecule has 2 aromatic heterocycles. The highest BCUT2D eigenvalue weighted by Crippen LogP contribution is 2.10. The predicted octanol–water partition coefficient (Wildman–Crippen LogP) is 0.643. The molecule has 0 aromatic carbocycles. The Labute approximate surface area is 69.5 Å². The topological polar surface area (TPSA) is 56.0 Å². The first-order valence-electron chi connectivity index (χ1n) is 3.80. The van der Waals surface area contributed by atoms with Gasteiger partial charge in [-0.15, -0.1) is 10.2 Å². The summed E-state index contributed by atoms with van der Waals surface area (Å²) in [7, 11) is 0. The van der Waals surface area contributed by atoms with Gasteiger partial charge < -0.3 is 0 Å². The van der Waals surface area contributed by atoms with Crippen molar-refractivity contribution < 1.29 is 0 Å². The molecule has 0 bridgehead atoms. The summed E-state index contributed by atoms with van der Waals surface area (Å²) in [6.07, 6.45) is 3.13. The molecule has 0 fully saturated rings. The number of nitrogens with zero attached hydrogens (tertiary/aromatic N) is 5. The maximum atomic E-state index is 4.04. The van der Waals surface area contributed by atoms with Crippen LogP contribution in [0.25, 0.3) is 5.65 Å². The van der Waals surface area contributed by atoms with E-state index in [2.05, 4.69) is 34.1 Å². The number of fused-ring (bicyclic) bond motifs is 1. The van der Waals surface area contributed by atoms with Crippen LogP contribution in [0.4, 0.5) is 0 Å². The average Bonchev–Trinajstić information content (AvgIpc) is 2.47. The van der Waals surface area contributed by atoms with E-state index in [9.17, 15) is 0 Å². The molecule has 0 radical (unpaired) electrons. The first kappa shape index (κ1) is 7.15. The van der Waals surface area contributed by atoms with Crippen LogP contribution in [0.5, 0.6) is 0 Å². The maximum absolute atomic E-state index is 4.04. The Bertz CT molecular complexity index is 391. The Balaban J connectivity index is 2.70. The second-order valence-electron chi connectivity index (χ2n) is 2.89. The third kappa shape index (κ3) is 0.939. The van der Waals surface area contributed by atoms with E-state index in [1.807, 2.05) is 0 Å². The van der Waals surface area contributed by atoms with Gasteiger partial charge in [-0.25, -0.2) is 4.98 Å². The highest BCUT2D eigenvalue weighted by molar-refractivity contribution is 5.31. The highest BCUT2D eigenvalue weighted by Gasteiger charge is 2.08. The highest BCUT2D eigenvalue weighted by atomic mass is 15.4. The smallest absolute Gasteiger partial charge is 0.196 e. The SMILES string of the molecule is CC(C)c1nnc2cncnn12. The van der Waals surface area contributed by atoms with Crippen LogP contribution < -0.4 is 0 Å². The van der Waals surface area contributed by atoms with Crippen LogP contribution in [-0.2, 0) is 0 Å². The van der Waals surface area contributed by atoms with Crippen LogP contribution in [-0.4, -0.2) is 24.8 Å². The quantitative estimate of drug-likeness (QED) is 0.619. The van der Waals surface area contributed by atoms with Crippen molar-refractivity contribution in [3.05, 3.63) is 18.3 Å². The zero-order valence-electron chi connectivity index (χ0n) is 6.97. The molecule has 2 rings (SSSR count). The molecule has 0 amide bonds. The van der Waals surface area contributed by atoms with Crippen LogP contribution in [0.1, 0.15) is 25.6 Å². The van der Waals surface area contributed by atoms with Gasteiger partial charge in [-0.2, -0.15) is 9.61 Å². The van der Waals surface area contributed by atoms with E-state index in [0.717, 1.165) is 5.82 Å². The van der Waals surface area contributed by atoms with Gasteiger partial charge in [0.1, 0.15) is 6.33 Å². The molecule has 0 spiro atoms. The third-order valence-corrected chi connectivity index (χ3v) is 1.63. The summed E-state index contributed by atoms with van der Waals surface area (Å²) in [5.74, 6) is 1.20. The molecule has 2 aromatic rings. The standard InChI is InChI=1S/C7H9N5/c1-5(2)7-11-10-6-3-8-4-9-12(6)7/h3-5H,1-2H3. The summed E-state index contributed by atoms with van der Waals surface area (Å²) < 4.78 is 1.71. The number of hydrogen-bond donors (Lipinski definition) is 0. The van der Waals surface area contributed by atoms with Crippen LogP contribution in [0.3, 0.4) is 0 Å². The molecule has 0 saturated carbocycles. The van der Waals surface area contributed by atoms with Gasteiger partial charge in [0.25, 0.3) is 0 Å². The van der Waals surface area contributed by atoms with Crippen molar-refractivity contribution in [2.75, 3.05) is 0 Å². The monoisotopic (exact) mass is 163 g/mol. The lowest BCUT2D eigenvalue weighted by Gasteiger charge is -1.98. The summed E-state index contributed by atoms with van der Waals surface area (Å²) in [6, 6.07) is 0. The minimum Gasteiger partial charge on any atom is -0.239 e. The Hall–Kier alpha value is -1.52. The van der Waals surface area contributed by atoms with E-state index in [0.29, 0.717) is 11.6 Å². The summed E-state index contributed by atoms with van der Waals surface area (Å²) in [5.41, 5.74) is 0.696. The molecule has 0 aliphatic rings. The van der Waals surface area contributed by atoms with Crippen molar-refractivity contribution in [2.24, 2.45) is 0 Å². The number of rotatable bonds is 1. The summed E-state index contributed by atoms with van der Waals surface area (Å²) in [4.78, 5) is 3.85. The van der Waals surface area contributed by atoms with Gasteiger partial charge in [-0.1, -0.05) is 13.8 Å². The molecule has 5 heteroatoms. The summed E-state index contributed by atoms with van der Waals surface area (Å²) in [5, 5.41) is 12.0. The maximum Gasteiger partial charge on any atom is 0.196 e. The fourth-order valence-corrected chi connectivity index (χ4v) is 1.04. The van der Waals surface area contributed by atoms with Gasteiger partial charge in [0.05, 0.1) is 6.20 Å². The van der Waals surface area contributed by atoms with Crippen molar-refractivity contribution in [1.82, 2.24) is 24.8 Å². The van der Waals surface area contributed by atoms with Crippen molar-refractivity contribution in [1.29, 1.82) is 0 Å². The average molecular weight is 163 g/mol. The molecular formula is C7H9N5. The molecule has 0 N–H and O–H groups in total. The van der Waals surface area contributed by atoms with Gasteiger partial charge in [0, 0.05) is 5.92 Å².